The molecule has 0 radical (unpaired) electrons. The van der Waals surface area contributed by atoms with Crippen molar-refractivity contribution in [3.8, 4) is 22.6 Å². The molecule has 1 amide bonds. The van der Waals surface area contributed by atoms with Crippen LogP contribution < -0.4 is 14.8 Å². The van der Waals surface area contributed by atoms with E-state index in [0.29, 0.717) is 27.5 Å². The lowest BCUT2D eigenvalue weighted by Crippen LogP contribution is -2.25. The quantitative estimate of drug-likeness (QED) is 0.638. The van der Waals surface area contributed by atoms with E-state index in [4.69, 9.17) is 11.6 Å². The van der Waals surface area contributed by atoms with Crippen LogP contribution >= 0.6 is 22.9 Å². The average molecular weight is 424 g/mol. The fourth-order valence-electron chi connectivity index (χ4n) is 2.73. The summed E-state index contributed by atoms with van der Waals surface area (Å²) in [5.74, 6) is -0.210. The van der Waals surface area contributed by atoms with Crippen molar-refractivity contribution >= 4 is 34.7 Å². The summed E-state index contributed by atoms with van der Waals surface area (Å²) in [6.45, 7) is 3.59. The van der Waals surface area contributed by atoms with Crippen LogP contribution in [-0.4, -0.2) is 22.2 Å². The van der Waals surface area contributed by atoms with Crippen molar-refractivity contribution in [3.63, 3.8) is 0 Å². The van der Waals surface area contributed by atoms with Crippen molar-refractivity contribution in [2.75, 3.05) is 5.32 Å². The lowest BCUT2D eigenvalue weighted by molar-refractivity contribution is -0.286. The second-order valence-corrected chi connectivity index (χ2v) is 7.59. The number of nitrogens with zero attached hydrogens (tertiary/aromatic N) is 2. The van der Waals surface area contributed by atoms with Crippen molar-refractivity contribution in [2.45, 2.75) is 20.1 Å². The smallest absolute Gasteiger partial charge is 0.395 e. The minimum atomic E-state index is -3.72. The Hall–Kier alpha value is -2.78. The molecule has 3 heterocycles. The van der Waals surface area contributed by atoms with Crippen LogP contribution in [0, 0.1) is 13.8 Å². The van der Waals surface area contributed by atoms with E-state index in [2.05, 4.69) is 24.8 Å². The lowest BCUT2D eigenvalue weighted by atomic mass is 10.1. The van der Waals surface area contributed by atoms with Crippen LogP contribution in [0.3, 0.4) is 0 Å². The number of amides is 1. The molecule has 0 bridgehead atoms. The number of aromatic nitrogens is 2. The van der Waals surface area contributed by atoms with Gasteiger partial charge in [-0.05, 0) is 32.0 Å². The van der Waals surface area contributed by atoms with Gasteiger partial charge in [-0.1, -0.05) is 11.6 Å². The van der Waals surface area contributed by atoms with Gasteiger partial charge in [-0.15, -0.1) is 20.1 Å². The van der Waals surface area contributed by atoms with E-state index in [-0.39, 0.29) is 22.4 Å². The molecule has 144 valence electrons. The van der Waals surface area contributed by atoms with Crippen molar-refractivity contribution < 1.29 is 23.0 Å². The van der Waals surface area contributed by atoms with Crippen molar-refractivity contribution in [1.82, 2.24) is 9.97 Å². The summed E-state index contributed by atoms with van der Waals surface area (Å²) >= 11 is 7.48. The largest absolute Gasteiger partial charge is 0.586 e. The second-order valence-electron chi connectivity index (χ2n) is 5.98. The minimum Gasteiger partial charge on any atom is -0.395 e. The predicted molar refractivity (Wildman–Crippen MR) is 100 cm³/mol. The molecule has 1 aromatic carbocycles. The molecule has 0 aliphatic carbocycles. The molecule has 0 saturated heterocycles. The molecule has 0 atom stereocenters. The van der Waals surface area contributed by atoms with Gasteiger partial charge in [-0.25, -0.2) is 9.97 Å². The molecular formula is C18H12ClF2N3O3S. The van der Waals surface area contributed by atoms with Crippen LogP contribution in [-0.2, 0) is 0 Å². The number of ether oxygens (including phenoxy) is 2. The Morgan fingerprint density at radius 1 is 1.21 bits per heavy atom. The number of anilines is 1. The summed E-state index contributed by atoms with van der Waals surface area (Å²) < 4.78 is 35.2. The summed E-state index contributed by atoms with van der Waals surface area (Å²) in [5.41, 5.74) is 1.66. The van der Waals surface area contributed by atoms with E-state index in [1.165, 1.54) is 29.7 Å². The van der Waals surface area contributed by atoms with Gasteiger partial charge in [0.25, 0.3) is 5.91 Å². The zero-order valence-electron chi connectivity index (χ0n) is 14.5. The highest BCUT2D eigenvalue weighted by atomic mass is 35.5. The third-order valence-electron chi connectivity index (χ3n) is 3.92. The molecule has 4 rings (SSSR count). The number of hydrogen-bond donors (Lipinski definition) is 1. The minimum absolute atomic E-state index is 0.113. The molecule has 28 heavy (non-hydrogen) atoms. The van der Waals surface area contributed by atoms with Gasteiger partial charge in [0, 0.05) is 23.4 Å². The first kappa shape index (κ1) is 18.6. The Kier molecular flexibility index (Phi) is 4.43. The number of rotatable bonds is 3. The van der Waals surface area contributed by atoms with Gasteiger partial charge in [-0.3, -0.25) is 4.79 Å². The van der Waals surface area contributed by atoms with Crippen LogP contribution in [0.4, 0.5) is 14.6 Å². The molecule has 0 unspecified atom stereocenters. The molecule has 0 saturated carbocycles. The molecule has 3 aromatic rings. The Bertz CT molecular complexity index is 1090. The van der Waals surface area contributed by atoms with Gasteiger partial charge in [0.15, 0.2) is 11.5 Å². The number of thiazole rings is 1. The van der Waals surface area contributed by atoms with Gasteiger partial charge in [0.2, 0.25) is 0 Å². The highest BCUT2D eigenvalue weighted by Crippen LogP contribution is 2.46. The van der Waals surface area contributed by atoms with Crippen molar-refractivity contribution in [3.05, 3.63) is 51.1 Å². The number of aryl methyl sites for hydroxylation is 2. The van der Waals surface area contributed by atoms with E-state index in [1.54, 1.807) is 19.1 Å². The zero-order chi connectivity index (χ0) is 20.1. The maximum Gasteiger partial charge on any atom is 0.586 e. The van der Waals surface area contributed by atoms with Crippen LogP contribution in [0.15, 0.2) is 30.5 Å². The van der Waals surface area contributed by atoms with Gasteiger partial charge >= 0.3 is 6.29 Å². The number of fused-ring (bicyclic) bond motifs is 1. The van der Waals surface area contributed by atoms with Crippen LogP contribution in [0.2, 0.25) is 5.02 Å². The first-order valence-corrected chi connectivity index (χ1v) is 9.22. The van der Waals surface area contributed by atoms with Gasteiger partial charge < -0.3 is 14.8 Å². The Balaban J connectivity index is 1.56. The predicted octanol–water partition coefficient (Wildman–Crippen LogP) is 5.05. The number of hydrogen-bond acceptors (Lipinski definition) is 6. The third-order valence-corrected chi connectivity index (χ3v) is 5.30. The summed E-state index contributed by atoms with van der Waals surface area (Å²) in [6, 6.07) is 5.87. The van der Waals surface area contributed by atoms with Gasteiger partial charge in [-0.2, -0.15) is 0 Å². The zero-order valence-corrected chi connectivity index (χ0v) is 16.1. The SMILES string of the molecule is Cc1nc(C)c(C(=O)Nc2ccc(-c3cc4c(cc3Cl)OC(F)(F)O4)cn2)s1. The van der Waals surface area contributed by atoms with E-state index in [0.717, 1.165) is 5.01 Å². The Morgan fingerprint density at radius 3 is 2.54 bits per heavy atom. The van der Waals surface area contributed by atoms with Crippen molar-refractivity contribution in [2.24, 2.45) is 0 Å². The maximum atomic E-state index is 13.2. The number of carbonyl (C=O) groups is 1. The molecule has 1 aliphatic heterocycles. The molecular weight excluding hydrogens is 412 g/mol. The highest BCUT2D eigenvalue weighted by Gasteiger charge is 2.43. The van der Waals surface area contributed by atoms with E-state index < -0.39 is 6.29 Å². The summed E-state index contributed by atoms with van der Waals surface area (Å²) in [4.78, 5) is 21.3. The number of halogens is 3. The summed E-state index contributed by atoms with van der Waals surface area (Å²) in [6.07, 6.45) is -2.24. The number of nitrogens with one attached hydrogen (secondary N) is 1. The molecule has 2 aromatic heterocycles. The monoisotopic (exact) mass is 423 g/mol. The topological polar surface area (TPSA) is 73.3 Å². The molecule has 0 spiro atoms. The molecule has 6 nitrogen and oxygen atoms in total. The summed E-state index contributed by atoms with van der Waals surface area (Å²) in [5, 5.41) is 3.70. The first-order valence-electron chi connectivity index (χ1n) is 8.03. The normalized spacial score (nSPS) is 14.2. The Morgan fingerprint density at radius 2 is 1.93 bits per heavy atom. The fourth-order valence-corrected chi connectivity index (χ4v) is 3.81. The number of alkyl halides is 2. The van der Waals surface area contributed by atoms with Gasteiger partial charge in [0.05, 0.1) is 15.7 Å². The van der Waals surface area contributed by atoms with Crippen LogP contribution in [0.25, 0.3) is 11.1 Å². The maximum absolute atomic E-state index is 13.2. The van der Waals surface area contributed by atoms with Gasteiger partial charge in [0.1, 0.15) is 10.7 Å². The average Bonchev–Trinajstić information content (AvgIpc) is 3.11. The molecule has 0 fully saturated rings. The number of pyridine rings is 1. The molecule has 1 aliphatic rings. The standard InChI is InChI=1S/C18H12ClF2N3O3S/c1-8-16(28-9(2)23-8)17(25)24-15-4-3-10(7-22-15)11-5-13-14(6-12(11)19)27-18(20,21)26-13/h3-7H,1-2H3,(H,22,24,25). The Labute approximate surface area is 167 Å². The second kappa shape index (κ2) is 6.68. The van der Waals surface area contributed by atoms with E-state index in [1.807, 2.05) is 6.92 Å². The van der Waals surface area contributed by atoms with Crippen LogP contribution in [0.1, 0.15) is 20.4 Å². The first-order chi connectivity index (χ1) is 13.2. The molecule has 1 N–H and O–H groups in total. The number of benzene rings is 1. The van der Waals surface area contributed by atoms with E-state index in [9.17, 15) is 13.6 Å². The fraction of sp³-hybridized carbons (Fsp3) is 0.167. The van der Waals surface area contributed by atoms with Crippen molar-refractivity contribution in [1.29, 1.82) is 0 Å². The lowest BCUT2D eigenvalue weighted by Gasteiger charge is -2.08. The van der Waals surface area contributed by atoms with E-state index >= 15 is 0 Å². The third kappa shape index (κ3) is 3.50. The highest BCUT2D eigenvalue weighted by molar-refractivity contribution is 7.13. The number of carbonyl (C=O) groups excluding carboxylic acids is 1. The molecule has 10 heteroatoms. The summed E-state index contributed by atoms with van der Waals surface area (Å²) in [7, 11) is 0. The van der Waals surface area contributed by atoms with Crippen LogP contribution in [0.5, 0.6) is 11.5 Å².